The predicted octanol–water partition coefficient (Wildman–Crippen LogP) is 1.01. The van der Waals surface area contributed by atoms with Crippen LogP contribution in [0.1, 0.15) is 6.92 Å². The van der Waals surface area contributed by atoms with Gasteiger partial charge in [0.1, 0.15) is 12.3 Å². The lowest BCUT2D eigenvalue weighted by molar-refractivity contribution is -0.274. The molecular weight excluding hydrogens is 387 g/mol. The number of nitrogens with zero attached hydrogens (tertiary/aromatic N) is 1. The van der Waals surface area contributed by atoms with E-state index in [1.54, 1.807) is 0 Å². The van der Waals surface area contributed by atoms with Gasteiger partial charge < -0.3 is 14.8 Å². The molecule has 1 aromatic carbocycles. The number of H-pyrrole nitrogens is 1. The number of nitrogens with one attached hydrogen (secondary N) is 2. The Morgan fingerprint density at radius 1 is 1.18 bits per heavy atom. The van der Waals surface area contributed by atoms with Crippen LogP contribution in [0.15, 0.2) is 46.1 Å². The Hall–Kier alpha value is -3.57. The maximum Gasteiger partial charge on any atom is 0.573 e. The molecule has 1 atom stereocenters. The Bertz CT molecular complexity index is 965. The first kappa shape index (κ1) is 20.7. The molecule has 0 bridgehead atoms. The number of carbonyl (C=O) groups is 2. The Balaban J connectivity index is 1.90. The SMILES string of the molecule is C[C@H](OC(=O)Cn1ccc(=O)[nH]c1=O)C(=O)Nc1ccc(OC(F)(F)F)cc1. The van der Waals surface area contributed by atoms with Gasteiger partial charge in [-0.1, -0.05) is 0 Å². The van der Waals surface area contributed by atoms with Gasteiger partial charge in [0.2, 0.25) is 0 Å². The van der Waals surface area contributed by atoms with Crippen LogP contribution >= 0.6 is 0 Å². The normalized spacial score (nSPS) is 12.1. The molecule has 28 heavy (non-hydrogen) atoms. The number of aromatic nitrogens is 2. The van der Waals surface area contributed by atoms with Crippen LogP contribution in [0.25, 0.3) is 0 Å². The van der Waals surface area contributed by atoms with Crippen LogP contribution in [-0.2, 0) is 20.9 Å². The summed E-state index contributed by atoms with van der Waals surface area (Å²) in [6.07, 6.45) is -4.99. The minimum atomic E-state index is -4.83. The Labute approximate surface area is 154 Å². The molecule has 2 N–H and O–H groups in total. The van der Waals surface area contributed by atoms with Gasteiger partial charge in [0.15, 0.2) is 6.10 Å². The van der Waals surface area contributed by atoms with Crippen molar-refractivity contribution in [1.82, 2.24) is 9.55 Å². The molecule has 2 rings (SSSR count). The third-order valence-corrected chi connectivity index (χ3v) is 3.23. The summed E-state index contributed by atoms with van der Waals surface area (Å²) in [6.45, 7) is 0.737. The van der Waals surface area contributed by atoms with Gasteiger partial charge in [0.05, 0.1) is 0 Å². The monoisotopic (exact) mass is 401 g/mol. The number of aromatic amines is 1. The Morgan fingerprint density at radius 3 is 2.39 bits per heavy atom. The lowest BCUT2D eigenvalue weighted by atomic mass is 10.3. The van der Waals surface area contributed by atoms with Crippen molar-refractivity contribution < 1.29 is 32.2 Å². The van der Waals surface area contributed by atoms with E-state index in [1.165, 1.54) is 19.1 Å². The molecule has 0 aliphatic heterocycles. The van der Waals surface area contributed by atoms with E-state index in [-0.39, 0.29) is 5.69 Å². The highest BCUT2D eigenvalue weighted by Crippen LogP contribution is 2.24. The second-order valence-corrected chi connectivity index (χ2v) is 5.43. The minimum absolute atomic E-state index is 0.152. The molecule has 0 unspecified atom stereocenters. The van der Waals surface area contributed by atoms with Crippen LogP contribution < -0.4 is 21.3 Å². The number of hydrogen-bond acceptors (Lipinski definition) is 6. The van der Waals surface area contributed by atoms with Crippen LogP contribution in [-0.4, -0.2) is 33.9 Å². The zero-order valence-electron chi connectivity index (χ0n) is 14.3. The van der Waals surface area contributed by atoms with Gasteiger partial charge in [-0.05, 0) is 31.2 Å². The highest BCUT2D eigenvalue weighted by molar-refractivity contribution is 5.95. The number of hydrogen-bond donors (Lipinski definition) is 2. The van der Waals surface area contributed by atoms with Gasteiger partial charge in [0.25, 0.3) is 11.5 Å². The fraction of sp³-hybridized carbons (Fsp3) is 0.250. The largest absolute Gasteiger partial charge is 0.573 e. The molecule has 2 aromatic rings. The topological polar surface area (TPSA) is 119 Å². The van der Waals surface area contributed by atoms with Crippen LogP contribution in [0.4, 0.5) is 18.9 Å². The number of rotatable bonds is 6. The molecule has 1 aromatic heterocycles. The third-order valence-electron chi connectivity index (χ3n) is 3.23. The van der Waals surface area contributed by atoms with Crippen LogP contribution in [0, 0.1) is 0 Å². The molecule has 0 fully saturated rings. The first-order chi connectivity index (χ1) is 13.0. The second kappa shape index (κ2) is 8.41. The molecule has 9 nitrogen and oxygen atoms in total. The summed E-state index contributed by atoms with van der Waals surface area (Å²) in [6, 6.07) is 5.39. The van der Waals surface area contributed by atoms with E-state index in [9.17, 15) is 32.3 Å². The van der Waals surface area contributed by atoms with Gasteiger partial charge in [-0.25, -0.2) is 4.79 Å². The molecule has 12 heteroatoms. The number of esters is 1. The van der Waals surface area contributed by atoms with Crippen molar-refractivity contribution in [2.45, 2.75) is 25.9 Å². The number of amides is 1. The average Bonchev–Trinajstić information content (AvgIpc) is 2.57. The first-order valence-corrected chi connectivity index (χ1v) is 7.69. The van der Waals surface area contributed by atoms with E-state index in [0.717, 1.165) is 29.0 Å². The number of anilines is 1. The third kappa shape index (κ3) is 6.30. The summed E-state index contributed by atoms with van der Waals surface area (Å²) in [5.74, 6) is -2.12. The summed E-state index contributed by atoms with van der Waals surface area (Å²) in [5.41, 5.74) is -1.30. The van der Waals surface area contributed by atoms with Gasteiger partial charge >= 0.3 is 18.0 Å². The van der Waals surface area contributed by atoms with E-state index in [2.05, 4.69) is 10.1 Å². The summed E-state index contributed by atoms with van der Waals surface area (Å²) >= 11 is 0. The van der Waals surface area contributed by atoms with Crippen molar-refractivity contribution >= 4 is 17.6 Å². The van der Waals surface area contributed by atoms with Crippen molar-refractivity contribution in [3.63, 3.8) is 0 Å². The predicted molar refractivity (Wildman–Crippen MR) is 88.6 cm³/mol. The average molecular weight is 401 g/mol. The van der Waals surface area contributed by atoms with Gasteiger partial charge in [-0.3, -0.25) is 23.9 Å². The van der Waals surface area contributed by atoms with Crippen molar-refractivity contribution in [3.05, 3.63) is 57.4 Å². The van der Waals surface area contributed by atoms with E-state index < -0.39 is 47.9 Å². The number of halogens is 3. The second-order valence-electron chi connectivity index (χ2n) is 5.43. The lowest BCUT2D eigenvalue weighted by Crippen LogP contribution is -2.34. The fourth-order valence-electron chi connectivity index (χ4n) is 1.98. The zero-order chi connectivity index (χ0) is 20.9. The lowest BCUT2D eigenvalue weighted by Gasteiger charge is -2.14. The van der Waals surface area contributed by atoms with Crippen molar-refractivity contribution in [3.8, 4) is 5.75 Å². The zero-order valence-corrected chi connectivity index (χ0v) is 14.3. The molecule has 0 saturated carbocycles. The van der Waals surface area contributed by atoms with Gasteiger partial charge in [-0.2, -0.15) is 0 Å². The van der Waals surface area contributed by atoms with Crippen LogP contribution in [0.2, 0.25) is 0 Å². The molecule has 0 radical (unpaired) electrons. The van der Waals surface area contributed by atoms with E-state index in [0.29, 0.717) is 0 Å². The fourth-order valence-corrected chi connectivity index (χ4v) is 1.98. The van der Waals surface area contributed by atoms with Gasteiger partial charge in [0, 0.05) is 18.0 Å². The Morgan fingerprint density at radius 2 is 1.82 bits per heavy atom. The highest BCUT2D eigenvalue weighted by Gasteiger charge is 2.31. The maximum atomic E-state index is 12.1. The molecule has 0 spiro atoms. The number of benzene rings is 1. The van der Waals surface area contributed by atoms with Crippen molar-refractivity contribution in [2.24, 2.45) is 0 Å². The molecule has 0 aliphatic carbocycles. The Kier molecular flexibility index (Phi) is 6.23. The van der Waals surface area contributed by atoms with Crippen molar-refractivity contribution in [1.29, 1.82) is 0 Å². The minimum Gasteiger partial charge on any atom is -0.451 e. The highest BCUT2D eigenvalue weighted by atomic mass is 19.4. The van der Waals surface area contributed by atoms with E-state index >= 15 is 0 Å². The summed E-state index contributed by atoms with van der Waals surface area (Å²) in [7, 11) is 0. The summed E-state index contributed by atoms with van der Waals surface area (Å²) in [4.78, 5) is 48.2. The first-order valence-electron chi connectivity index (χ1n) is 7.69. The van der Waals surface area contributed by atoms with Crippen LogP contribution in [0.3, 0.4) is 0 Å². The van der Waals surface area contributed by atoms with E-state index in [1.807, 2.05) is 4.98 Å². The standard InChI is InChI=1S/C16H14F3N3O6/c1-9(27-13(24)8-22-7-6-12(23)21-15(22)26)14(25)20-10-2-4-11(5-3-10)28-16(17,18)19/h2-7,9H,8H2,1H3,(H,20,25)(H,21,23,26)/t9-/m0/s1. The molecule has 150 valence electrons. The summed E-state index contributed by atoms with van der Waals surface area (Å²) in [5, 5.41) is 2.35. The molecule has 1 heterocycles. The molecule has 0 saturated heterocycles. The quantitative estimate of drug-likeness (QED) is 0.697. The molecule has 0 aliphatic rings. The number of carbonyl (C=O) groups excluding carboxylic acids is 2. The smallest absolute Gasteiger partial charge is 0.451 e. The molecular formula is C16H14F3N3O6. The number of alkyl halides is 3. The van der Waals surface area contributed by atoms with Crippen molar-refractivity contribution in [2.75, 3.05) is 5.32 Å². The van der Waals surface area contributed by atoms with Crippen LogP contribution in [0.5, 0.6) is 5.75 Å². The number of ether oxygens (including phenoxy) is 2. The summed E-state index contributed by atoms with van der Waals surface area (Å²) < 4.78 is 45.8. The van der Waals surface area contributed by atoms with Gasteiger partial charge in [-0.15, -0.1) is 13.2 Å². The maximum absolute atomic E-state index is 12.1. The molecule has 1 amide bonds. The van der Waals surface area contributed by atoms with E-state index in [4.69, 9.17) is 4.74 Å².